The normalized spacial score (nSPS) is 17.7. The first-order valence-electron chi connectivity index (χ1n) is 8.17. The highest BCUT2D eigenvalue weighted by atomic mass is 16.5. The van der Waals surface area contributed by atoms with Crippen molar-refractivity contribution in [1.29, 1.82) is 0 Å². The molecule has 128 valence electrons. The van der Waals surface area contributed by atoms with E-state index in [0.29, 0.717) is 25.3 Å². The summed E-state index contributed by atoms with van der Waals surface area (Å²) >= 11 is 0. The summed E-state index contributed by atoms with van der Waals surface area (Å²) in [7, 11) is 0. The number of aliphatic hydroxyl groups is 1. The SMILES string of the molecule is Cc1cc(N2CCOCC2)nc(C)c1C(=O)NCC(C)C(C)O. The van der Waals surface area contributed by atoms with Crippen LogP contribution in [0.25, 0.3) is 0 Å². The molecule has 2 unspecified atom stereocenters. The smallest absolute Gasteiger partial charge is 0.253 e. The number of amides is 1. The van der Waals surface area contributed by atoms with Gasteiger partial charge in [0.1, 0.15) is 5.82 Å². The van der Waals surface area contributed by atoms with Crippen molar-refractivity contribution in [1.82, 2.24) is 10.3 Å². The third-order valence-electron chi connectivity index (χ3n) is 4.35. The van der Waals surface area contributed by atoms with E-state index in [0.717, 1.165) is 30.2 Å². The van der Waals surface area contributed by atoms with Gasteiger partial charge in [-0.1, -0.05) is 6.92 Å². The second-order valence-electron chi connectivity index (χ2n) is 6.29. The largest absolute Gasteiger partial charge is 0.393 e. The van der Waals surface area contributed by atoms with Crippen molar-refractivity contribution in [2.75, 3.05) is 37.7 Å². The van der Waals surface area contributed by atoms with E-state index in [4.69, 9.17) is 4.74 Å². The first kappa shape index (κ1) is 17.7. The van der Waals surface area contributed by atoms with Crippen molar-refractivity contribution in [3.63, 3.8) is 0 Å². The van der Waals surface area contributed by atoms with Crippen molar-refractivity contribution in [2.45, 2.75) is 33.8 Å². The molecule has 1 fully saturated rings. The molecule has 0 bridgehead atoms. The fourth-order valence-corrected chi connectivity index (χ4v) is 2.62. The van der Waals surface area contributed by atoms with Gasteiger partial charge in [-0.2, -0.15) is 0 Å². The summed E-state index contributed by atoms with van der Waals surface area (Å²) in [5.74, 6) is 0.783. The van der Waals surface area contributed by atoms with Gasteiger partial charge in [-0.3, -0.25) is 4.79 Å². The number of morpholine rings is 1. The average molecular weight is 321 g/mol. The lowest BCUT2D eigenvalue weighted by Gasteiger charge is -2.28. The Kier molecular flexibility index (Phi) is 5.96. The zero-order valence-electron chi connectivity index (χ0n) is 14.4. The van der Waals surface area contributed by atoms with Gasteiger partial charge in [0.05, 0.1) is 30.6 Å². The van der Waals surface area contributed by atoms with Gasteiger partial charge in [0, 0.05) is 19.6 Å². The Morgan fingerprint density at radius 2 is 2.04 bits per heavy atom. The molecular formula is C17H27N3O3. The zero-order chi connectivity index (χ0) is 17.0. The predicted octanol–water partition coefficient (Wildman–Crippen LogP) is 1.28. The van der Waals surface area contributed by atoms with Crippen LogP contribution in [0.5, 0.6) is 0 Å². The van der Waals surface area contributed by atoms with Crippen molar-refractivity contribution in [3.8, 4) is 0 Å². The summed E-state index contributed by atoms with van der Waals surface area (Å²) in [5, 5.41) is 12.4. The Labute approximate surface area is 137 Å². The van der Waals surface area contributed by atoms with E-state index in [1.54, 1.807) is 6.92 Å². The van der Waals surface area contributed by atoms with Crippen LogP contribution in [0.3, 0.4) is 0 Å². The van der Waals surface area contributed by atoms with Crippen LogP contribution in [-0.2, 0) is 4.74 Å². The molecule has 6 heteroatoms. The van der Waals surface area contributed by atoms with Crippen molar-refractivity contribution in [3.05, 3.63) is 22.9 Å². The van der Waals surface area contributed by atoms with Crippen LogP contribution >= 0.6 is 0 Å². The van der Waals surface area contributed by atoms with Gasteiger partial charge < -0.3 is 20.1 Å². The van der Waals surface area contributed by atoms with E-state index in [-0.39, 0.29) is 11.8 Å². The number of aromatic nitrogens is 1. The lowest BCUT2D eigenvalue weighted by molar-refractivity contribution is 0.0915. The highest BCUT2D eigenvalue weighted by Crippen LogP contribution is 2.20. The van der Waals surface area contributed by atoms with Gasteiger partial charge in [-0.05, 0) is 38.3 Å². The van der Waals surface area contributed by atoms with Crippen molar-refractivity contribution in [2.24, 2.45) is 5.92 Å². The van der Waals surface area contributed by atoms with E-state index >= 15 is 0 Å². The van der Waals surface area contributed by atoms with Gasteiger partial charge >= 0.3 is 0 Å². The second-order valence-corrected chi connectivity index (χ2v) is 6.29. The molecule has 1 aromatic rings. The van der Waals surface area contributed by atoms with E-state index in [1.807, 2.05) is 26.8 Å². The molecule has 2 heterocycles. The number of aliphatic hydroxyl groups excluding tert-OH is 1. The molecule has 2 atom stereocenters. The van der Waals surface area contributed by atoms with E-state index in [2.05, 4.69) is 15.2 Å². The van der Waals surface area contributed by atoms with Crippen LogP contribution < -0.4 is 10.2 Å². The number of carbonyl (C=O) groups is 1. The maximum atomic E-state index is 12.4. The van der Waals surface area contributed by atoms with Gasteiger partial charge in [0.15, 0.2) is 0 Å². The van der Waals surface area contributed by atoms with Crippen LogP contribution in [0.2, 0.25) is 0 Å². The lowest BCUT2D eigenvalue weighted by atomic mass is 10.0. The Balaban J connectivity index is 2.11. The molecule has 0 saturated carbocycles. The van der Waals surface area contributed by atoms with Gasteiger partial charge in [0.25, 0.3) is 5.91 Å². The maximum absolute atomic E-state index is 12.4. The fourth-order valence-electron chi connectivity index (χ4n) is 2.62. The van der Waals surface area contributed by atoms with Crippen LogP contribution in [0, 0.1) is 19.8 Å². The molecule has 0 spiro atoms. The molecule has 1 saturated heterocycles. The molecule has 0 aromatic carbocycles. The van der Waals surface area contributed by atoms with Crippen LogP contribution in [0.1, 0.15) is 35.5 Å². The average Bonchev–Trinajstić information content (AvgIpc) is 2.52. The monoisotopic (exact) mass is 321 g/mol. The van der Waals surface area contributed by atoms with Gasteiger partial charge in [-0.15, -0.1) is 0 Å². The van der Waals surface area contributed by atoms with Crippen LogP contribution in [0.4, 0.5) is 5.82 Å². The molecule has 1 amide bonds. The predicted molar refractivity (Wildman–Crippen MR) is 89.9 cm³/mol. The number of hydrogen-bond donors (Lipinski definition) is 2. The molecule has 1 aromatic heterocycles. The molecule has 6 nitrogen and oxygen atoms in total. The molecule has 0 radical (unpaired) electrons. The molecular weight excluding hydrogens is 294 g/mol. The molecule has 2 N–H and O–H groups in total. The number of ether oxygens (including phenoxy) is 1. The molecule has 0 aliphatic carbocycles. The van der Waals surface area contributed by atoms with Gasteiger partial charge in [0.2, 0.25) is 0 Å². The summed E-state index contributed by atoms with van der Waals surface area (Å²) in [4.78, 5) is 19.2. The zero-order valence-corrected chi connectivity index (χ0v) is 14.4. The first-order valence-corrected chi connectivity index (χ1v) is 8.17. The summed E-state index contributed by atoms with van der Waals surface area (Å²) in [6.07, 6.45) is -0.445. The number of hydrogen-bond acceptors (Lipinski definition) is 5. The molecule has 1 aliphatic heterocycles. The number of anilines is 1. The number of nitrogens with one attached hydrogen (secondary N) is 1. The molecule has 23 heavy (non-hydrogen) atoms. The van der Waals surface area contributed by atoms with Gasteiger partial charge in [-0.25, -0.2) is 4.98 Å². The molecule has 1 aliphatic rings. The Morgan fingerprint density at radius 1 is 1.39 bits per heavy atom. The lowest BCUT2D eigenvalue weighted by Crippen LogP contribution is -2.37. The van der Waals surface area contributed by atoms with E-state index in [1.165, 1.54) is 0 Å². The van der Waals surface area contributed by atoms with E-state index < -0.39 is 6.10 Å². The Bertz CT molecular complexity index is 531. The minimum Gasteiger partial charge on any atom is -0.393 e. The second kappa shape index (κ2) is 7.75. The minimum absolute atomic E-state index is 0.0140. The summed E-state index contributed by atoms with van der Waals surface area (Å²) in [6.45, 7) is 10.9. The molecule has 2 rings (SSSR count). The topological polar surface area (TPSA) is 74.7 Å². The summed E-state index contributed by atoms with van der Waals surface area (Å²) in [5.41, 5.74) is 2.27. The van der Waals surface area contributed by atoms with Crippen molar-refractivity contribution < 1.29 is 14.6 Å². The minimum atomic E-state index is -0.445. The highest BCUT2D eigenvalue weighted by Gasteiger charge is 2.19. The number of carbonyl (C=O) groups excluding carboxylic acids is 1. The highest BCUT2D eigenvalue weighted by molar-refractivity contribution is 5.96. The summed E-state index contributed by atoms with van der Waals surface area (Å²) < 4.78 is 5.36. The number of rotatable bonds is 5. The number of pyridine rings is 1. The Morgan fingerprint density at radius 3 is 2.61 bits per heavy atom. The third-order valence-corrected chi connectivity index (χ3v) is 4.35. The van der Waals surface area contributed by atoms with Crippen LogP contribution in [0.15, 0.2) is 6.07 Å². The fraction of sp³-hybridized carbons (Fsp3) is 0.647. The number of aryl methyl sites for hydroxylation is 2. The summed E-state index contributed by atoms with van der Waals surface area (Å²) in [6, 6.07) is 1.96. The first-order chi connectivity index (χ1) is 10.9. The Hall–Kier alpha value is -1.66. The van der Waals surface area contributed by atoms with E-state index in [9.17, 15) is 9.90 Å². The number of nitrogens with zero attached hydrogens (tertiary/aromatic N) is 2. The third kappa shape index (κ3) is 4.42. The standard InChI is InChI=1S/C17H27N3O3/c1-11-9-15(20-5-7-23-8-6-20)19-13(3)16(11)17(22)18-10-12(2)14(4)21/h9,12,14,21H,5-8,10H2,1-4H3,(H,18,22). The van der Waals surface area contributed by atoms with Crippen molar-refractivity contribution >= 4 is 11.7 Å². The maximum Gasteiger partial charge on any atom is 0.253 e. The quantitative estimate of drug-likeness (QED) is 0.854. The van der Waals surface area contributed by atoms with Crippen LogP contribution in [-0.4, -0.2) is 54.9 Å².